The van der Waals surface area contributed by atoms with Crippen LogP contribution in [0.15, 0.2) is 121 Å². The van der Waals surface area contributed by atoms with Crippen molar-refractivity contribution in [1.29, 1.82) is 0 Å². The topological polar surface area (TPSA) is 0 Å². The van der Waals surface area contributed by atoms with E-state index in [0.717, 1.165) is 29.5 Å². The second kappa shape index (κ2) is 11.3. The highest BCUT2D eigenvalue weighted by atomic mass is 28.3. The van der Waals surface area contributed by atoms with Gasteiger partial charge in [-0.3, -0.25) is 0 Å². The van der Waals surface area contributed by atoms with E-state index < -0.39 is 13.7 Å². The van der Waals surface area contributed by atoms with Gasteiger partial charge in [0.15, 0.2) is 0 Å². The zero-order valence-corrected chi connectivity index (χ0v) is 24.5. The van der Waals surface area contributed by atoms with Gasteiger partial charge in [-0.25, -0.2) is 4.39 Å². The van der Waals surface area contributed by atoms with E-state index in [9.17, 15) is 0 Å². The molecule has 1 unspecified atom stereocenters. The van der Waals surface area contributed by atoms with Crippen LogP contribution in [-0.2, 0) is 25.7 Å². The summed E-state index contributed by atoms with van der Waals surface area (Å²) < 4.78 is 15.1. The quantitative estimate of drug-likeness (QED) is 0.218. The van der Waals surface area contributed by atoms with Gasteiger partial charge in [0.25, 0.3) is 0 Å². The Morgan fingerprint density at radius 1 is 0.692 bits per heavy atom. The molecule has 0 saturated heterocycles. The van der Waals surface area contributed by atoms with Crippen LogP contribution in [0.25, 0.3) is 11.1 Å². The predicted molar refractivity (Wildman–Crippen MR) is 169 cm³/mol. The summed E-state index contributed by atoms with van der Waals surface area (Å²) in [6, 6.07) is 38.8. The summed E-state index contributed by atoms with van der Waals surface area (Å²) in [7, 11) is -1.11. The zero-order valence-electron chi connectivity index (χ0n) is 23.5. The van der Waals surface area contributed by atoms with Crippen LogP contribution in [0.1, 0.15) is 33.4 Å². The second-order valence-electron chi connectivity index (χ2n) is 12.3. The molecule has 0 aromatic heterocycles. The molecular formula is C37H39FSi. The molecule has 2 heteroatoms. The van der Waals surface area contributed by atoms with Crippen molar-refractivity contribution in [2.24, 2.45) is 0 Å². The largest absolute Gasteiger partial charge is 0.238 e. The van der Waals surface area contributed by atoms with Gasteiger partial charge in [-0.05, 0) is 63.4 Å². The van der Waals surface area contributed by atoms with Gasteiger partial charge >= 0.3 is 0 Å². The standard InChI is InChI=1S/C20H24Si.C17H15F/c1-21(2,3)15-20-18(13-16-9-5-4-6-10-16)14-17-11-7-8-12-19(17)20;1-13-16-10-6-5-9-15(16)12-17(13,18)11-14-7-3-2-4-8-14/h4-12H,13-15H2,1-3H3;2-10H,1,11-12H2. The minimum atomic E-state index is -1.33. The van der Waals surface area contributed by atoms with Crippen LogP contribution in [0.3, 0.4) is 0 Å². The molecule has 0 bridgehead atoms. The third kappa shape index (κ3) is 6.40. The van der Waals surface area contributed by atoms with Crippen LogP contribution in [0, 0.1) is 0 Å². The van der Waals surface area contributed by atoms with E-state index in [4.69, 9.17) is 0 Å². The van der Waals surface area contributed by atoms with Gasteiger partial charge in [0.2, 0.25) is 0 Å². The summed E-state index contributed by atoms with van der Waals surface area (Å²) in [5.41, 5.74) is 10.1. The third-order valence-electron chi connectivity index (χ3n) is 7.82. The molecule has 0 aliphatic heterocycles. The highest BCUT2D eigenvalue weighted by Crippen LogP contribution is 2.44. The van der Waals surface area contributed by atoms with Crippen molar-refractivity contribution in [2.45, 2.75) is 57.0 Å². The van der Waals surface area contributed by atoms with Gasteiger partial charge in [0.05, 0.1) is 0 Å². The van der Waals surface area contributed by atoms with Crippen molar-refractivity contribution in [3.8, 4) is 0 Å². The number of hydrogen-bond donors (Lipinski definition) is 0. The summed E-state index contributed by atoms with van der Waals surface area (Å²) in [6.45, 7) is 11.4. The number of allylic oxidation sites excluding steroid dienone is 3. The second-order valence-corrected chi connectivity index (χ2v) is 17.7. The molecular weight excluding hydrogens is 491 g/mol. The molecule has 0 heterocycles. The fourth-order valence-corrected chi connectivity index (χ4v) is 7.47. The van der Waals surface area contributed by atoms with Gasteiger partial charge in [0.1, 0.15) is 5.67 Å². The SMILES string of the molecule is C=C1c2ccccc2CC1(F)Cc1ccccc1.C[Si](C)(C)CC1=C(Cc2ccccc2)Cc2ccccc21. The number of benzene rings is 4. The van der Waals surface area contributed by atoms with E-state index in [1.165, 1.54) is 22.7 Å². The molecule has 6 rings (SSSR count). The Bertz CT molecular complexity index is 1480. The van der Waals surface area contributed by atoms with E-state index in [2.05, 4.69) is 80.8 Å². The van der Waals surface area contributed by atoms with Crippen molar-refractivity contribution in [1.82, 2.24) is 0 Å². The molecule has 0 fully saturated rings. The van der Waals surface area contributed by atoms with E-state index >= 15 is 4.39 Å². The average molecular weight is 531 g/mol. The molecule has 4 aromatic rings. The number of fused-ring (bicyclic) bond motifs is 2. The molecule has 2 aliphatic rings. The molecule has 0 N–H and O–H groups in total. The molecule has 4 aromatic carbocycles. The number of rotatable bonds is 6. The smallest absolute Gasteiger partial charge is 0.144 e. The van der Waals surface area contributed by atoms with Gasteiger partial charge < -0.3 is 0 Å². The van der Waals surface area contributed by atoms with Crippen LogP contribution < -0.4 is 0 Å². The molecule has 0 radical (unpaired) electrons. The Morgan fingerprint density at radius 2 is 1.23 bits per heavy atom. The minimum Gasteiger partial charge on any atom is -0.238 e. The van der Waals surface area contributed by atoms with Crippen molar-refractivity contribution in [3.05, 3.63) is 155 Å². The van der Waals surface area contributed by atoms with Crippen LogP contribution >= 0.6 is 0 Å². The molecule has 39 heavy (non-hydrogen) atoms. The van der Waals surface area contributed by atoms with E-state index in [0.29, 0.717) is 18.4 Å². The van der Waals surface area contributed by atoms with Crippen molar-refractivity contribution in [3.63, 3.8) is 0 Å². The first-order valence-corrected chi connectivity index (χ1v) is 17.8. The first-order chi connectivity index (χ1) is 18.7. The molecule has 0 saturated carbocycles. The van der Waals surface area contributed by atoms with Crippen LogP contribution in [0.4, 0.5) is 4.39 Å². The average Bonchev–Trinajstić information content (AvgIpc) is 3.38. The molecule has 0 spiro atoms. The summed E-state index contributed by atoms with van der Waals surface area (Å²) in [5, 5.41) is 0. The van der Waals surface area contributed by atoms with E-state index in [-0.39, 0.29) is 0 Å². The molecule has 2 aliphatic carbocycles. The lowest BCUT2D eigenvalue weighted by Gasteiger charge is -2.21. The Hall–Kier alpha value is -3.49. The van der Waals surface area contributed by atoms with Gasteiger partial charge in [-0.2, -0.15) is 0 Å². The zero-order chi connectivity index (χ0) is 27.5. The van der Waals surface area contributed by atoms with Gasteiger partial charge in [-0.15, -0.1) is 0 Å². The lowest BCUT2D eigenvalue weighted by Crippen LogP contribution is -2.25. The lowest BCUT2D eigenvalue weighted by molar-refractivity contribution is 0.250. The van der Waals surface area contributed by atoms with Crippen molar-refractivity contribution >= 4 is 19.2 Å². The maximum atomic E-state index is 15.1. The fraction of sp³-hybridized carbons (Fsp3) is 0.243. The highest BCUT2D eigenvalue weighted by Gasteiger charge is 2.40. The van der Waals surface area contributed by atoms with Gasteiger partial charge in [0, 0.05) is 20.9 Å². The van der Waals surface area contributed by atoms with Crippen LogP contribution in [0.2, 0.25) is 25.7 Å². The van der Waals surface area contributed by atoms with E-state index in [1.54, 1.807) is 11.1 Å². The fourth-order valence-electron chi connectivity index (χ4n) is 5.97. The Morgan fingerprint density at radius 3 is 1.85 bits per heavy atom. The first kappa shape index (κ1) is 27.1. The third-order valence-corrected chi connectivity index (χ3v) is 9.24. The Kier molecular flexibility index (Phi) is 7.86. The van der Waals surface area contributed by atoms with Crippen LogP contribution in [0.5, 0.6) is 0 Å². The Labute approximate surface area is 235 Å². The summed E-state index contributed by atoms with van der Waals surface area (Å²) in [4.78, 5) is 0. The maximum absolute atomic E-state index is 15.1. The molecule has 0 nitrogen and oxygen atoms in total. The molecule has 0 amide bonds. The molecule has 1 atom stereocenters. The van der Waals surface area contributed by atoms with E-state index in [1.807, 2.05) is 54.6 Å². The summed E-state index contributed by atoms with van der Waals surface area (Å²) >= 11 is 0. The monoisotopic (exact) mass is 530 g/mol. The molecule has 198 valence electrons. The van der Waals surface area contributed by atoms with Crippen molar-refractivity contribution < 1.29 is 4.39 Å². The predicted octanol–water partition coefficient (Wildman–Crippen LogP) is 9.78. The first-order valence-electron chi connectivity index (χ1n) is 14.1. The normalized spacial score (nSPS) is 17.9. The number of hydrogen-bond acceptors (Lipinski definition) is 0. The summed E-state index contributed by atoms with van der Waals surface area (Å²) in [6.07, 6.45) is 3.10. The number of halogens is 1. The maximum Gasteiger partial charge on any atom is 0.144 e. The van der Waals surface area contributed by atoms with Crippen molar-refractivity contribution in [2.75, 3.05) is 0 Å². The lowest BCUT2D eigenvalue weighted by atomic mass is 9.90. The number of alkyl halides is 1. The van der Waals surface area contributed by atoms with Gasteiger partial charge in [-0.1, -0.05) is 141 Å². The summed E-state index contributed by atoms with van der Waals surface area (Å²) in [5.74, 6) is 0. The minimum absolute atomic E-state index is 0.404. The van der Waals surface area contributed by atoms with Crippen LogP contribution in [-0.4, -0.2) is 13.7 Å². The Balaban J connectivity index is 0.000000160. The highest BCUT2D eigenvalue weighted by molar-refractivity contribution is 6.77.